The fourth-order valence-corrected chi connectivity index (χ4v) is 5.68. The van der Waals surface area contributed by atoms with Crippen LogP contribution < -0.4 is 16.0 Å². The number of Topliss-reactive ketones (excluding diaryl/α,β-unsaturated/α-hetero) is 1. The summed E-state index contributed by atoms with van der Waals surface area (Å²) >= 11 is 0. The van der Waals surface area contributed by atoms with Crippen molar-refractivity contribution in [3.63, 3.8) is 0 Å². The molecule has 0 saturated carbocycles. The second kappa shape index (κ2) is 14.0. The van der Waals surface area contributed by atoms with Crippen molar-refractivity contribution < 1.29 is 19.2 Å². The fourth-order valence-electron chi connectivity index (χ4n) is 5.68. The third-order valence-corrected chi connectivity index (χ3v) is 7.63. The van der Waals surface area contributed by atoms with Crippen molar-refractivity contribution in [2.45, 2.75) is 82.5 Å². The predicted octanol–water partition coefficient (Wildman–Crippen LogP) is 2.55. The number of carbonyl (C=O) groups is 4. The number of benzene rings is 2. The fraction of sp³-hybridized carbons (Fsp3) is 0.484. The highest BCUT2D eigenvalue weighted by atomic mass is 16.2. The monoisotopic (exact) mass is 532 g/mol. The second-order valence-corrected chi connectivity index (χ2v) is 10.8. The van der Waals surface area contributed by atoms with Crippen LogP contribution in [-0.2, 0) is 32.0 Å². The van der Waals surface area contributed by atoms with E-state index in [2.05, 4.69) is 16.0 Å². The molecule has 0 spiro atoms. The molecule has 39 heavy (non-hydrogen) atoms. The lowest BCUT2D eigenvalue weighted by Crippen LogP contribution is -2.49. The van der Waals surface area contributed by atoms with Gasteiger partial charge in [0.15, 0.2) is 5.78 Å². The first kappa shape index (κ1) is 28.5. The maximum atomic E-state index is 13.4. The molecule has 2 aromatic carbocycles. The summed E-state index contributed by atoms with van der Waals surface area (Å²) in [6, 6.07) is 18.2. The lowest BCUT2D eigenvalue weighted by Gasteiger charge is -2.27. The molecular weight excluding hydrogens is 492 g/mol. The smallest absolute Gasteiger partial charge is 0.237 e. The van der Waals surface area contributed by atoms with E-state index in [1.807, 2.05) is 60.7 Å². The number of amides is 3. The minimum Gasteiger partial charge on any atom is -0.352 e. The number of carbonyl (C=O) groups excluding carboxylic acids is 4. The molecule has 0 aliphatic carbocycles. The highest BCUT2D eigenvalue weighted by Gasteiger charge is 2.33. The standard InChI is InChI=1S/C31H40N4O4/c1-22(36)28-15-9-17-35(28)30(38)21-26(19-24-12-6-3-7-13-24)33-29(37)20-25(18-23-10-4-2-5-11-23)34-31(39)27-14-8-16-32-27/h2-7,10-13,25-28,32H,8-9,14-21H2,1H3,(H,33,37)(H,34,39). The van der Waals surface area contributed by atoms with Crippen molar-refractivity contribution in [3.8, 4) is 0 Å². The molecule has 4 atom stereocenters. The summed E-state index contributed by atoms with van der Waals surface area (Å²) in [5, 5.41) is 9.39. The third kappa shape index (κ3) is 8.48. The van der Waals surface area contributed by atoms with Gasteiger partial charge in [-0.15, -0.1) is 0 Å². The largest absolute Gasteiger partial charge is 0.352 e. The molecule has 2 fully saturated rings. The van der Waals surface area contributed by atoms with Crippen molar-refractivity contribution in [1.82, 2.24) is 20.9 Å². The average molecular weight is 533 g/mol. The van der Waals surface area contributed by atoms with Crippen LogP contribution in [0.2, 0.25) is 0 Å². The van der Waals surface area contributed by atoms with Gasteiger partial charge in [0.05, 0.1) is 12.1 Å². The number of likely N-dealkylation sites (tertiary alicyclic amines) is 1. The Morgan fingerprint density at radius 1 is 0.846 bits per heavy atom. The van der Waals surface area contributed by atoms with Crippen LogP contribution in [0.1, 0.15) is 56.6 Å². The van der Waals surface area contributed by atoms with Crippen LogP contribution in [0.5, 0.6) is 0 Å². The first-order valence-electron chi connectivity index (χ1n) is 14.1. The van der Waals surface area contributed by atoms with Gasteiger partial charge >= 0.3 is 0 Å². The molecule has 2 heterocycles. The van der Waals surface area contributed by atoms with Crippen molar-refractivity contribution in [2.24, 2.45) is 0 Å². The van der Waals surface area contributed by atoms with Crippen LogP contribution >= 0.6 is 0 Å². The Morgan fingerprint density at radius 2 is 1.46 bits per heavy atom. The van der Waals surface area contributed by atoms with E-state index < -0.39 is 6.04 Å². The molecule has 2 saturated heterocycles. The lowest BCUT2D eigenvalue weighted by molar-refractivity contribution is -0.137. The SMILES string of the molecule is CC(=O)C1CCCN1C(=O)CC(Cc1ccccc1)NC(=O)CC(Cc1ccccc1)NC(=O)C1CCCN1. The lowest BCUT2D eigenvalue weighted by atomic mass is 10.00. The Labute approximate surface area is 230 Å². The van der Waals surface area contributed by atoms with Crippen LogP contribution in [0.4, 0.5) is 0 Å². The molecule has 4 unspecified atom stereocenters. The molecule has 8 heteroatoms. The normalized spacial score (nSPS) is 20.3. The zero-order valence-corrected chi connectivity index (χ0v) is 22.7. The van der Waals surface area contributed by atoms with E-state index in [1.54, 1.807) is 4.90 Å². The molecule has 4 rings (SSSR count). The average Bonchev–Trinajstić information content (AvgIpc) is 3.63. The molecule has 0 aromatic heterocycles. The summed E-state index contributed by atoms with van der Waals surface area (Å²) in [6.45, 7) is 2.91. The summed E-state index contributed by atoms with van der Waals surface area (Å²) < 4.78 is 0. The van der Waals surface area contributed by atoms with E-state index in [0.717, 1.165) is 36.9 Å². The number of ketones is 1. The zero-order valence-electron chi connectivity index (χ0n) is 22.7. The van der Waals surface area contributed by atoms with Crippen molar-refractivity contribution >= 4 is 23.5 Å². The number of nitrogens with zero attached hydrogens (tertiary/aromatic N) is 1. The molecule has 2 aromatic rings. The summed E-state index contributed by atoms with van der Waals surface area (Å²) in [4.78, 5) is 53.2. The minimum atomic E-state index is -0.426. The first-order chi connectivity index (χ1) is 18.9. The topological polar surface area (TPSA) is 108 Å². The van der Waals surface area contributed by atoms with Crippen LogP contribution in [0.3, 0.4) is 0 Å². The Kier molecular flexibility index (Phi) is 10.3. The van der Waals surface area contributed by atoms with E-state index in [1.165, 1.54) is 6.92 Å². The highest BCUT2D eigenvalue weighted by Crippen LogP contribution is 2.20. The second-order valence-electron chi connectivity index (χ2n) is 10.8. The van der Waals surface area contributed by atoms with E-state index in [0.29, 0.717) is 25.8 Å². The van der Waals surface area contributed by atoms with E-state index in [4.69, 9.17) is 0 Å². The Balaban J connectivity index is 1.44. The van der Waals surface area contributed by atoms with Gasteiger partial charge in [-0.05, 0) is 63.1 Å². The Hall–Kier alpha value is -3.52. The Morgan fingerprint density at radius 3 is 2.03 bits per heavy atom. The van der Waals surface area contributed by atoms with Gasteiger partial charge in [0, 0.05) is 31.5 Å². The third-order valence-electron chi connectivity index (χ3n) is 7.63. The van der Waals surface area contributed by atoms with Crippen LogP contribution in [0.15, 0.2) is 60.7 Å². The summed E-state index contributed by atoms with van der Waals surface area (Å²) in [6.07, 6.45) is 4.49. The van der Waals surface area contributed by atoms with Crippen LogP contribution in [0.25, 0.3) is 0 Å². The van der Waals surface area contributed by atoms with E-state index in [9.17, 15) is 19.2 Å². The highest BCUT2D eigenvalue weighted by molar-refractivity contribution is 5.88. The van der Waals surface area contributed by atoms with Gasteiger partial charge in [-0.3, -0.25) is 19.2 Å². The van der Waals surface area contributed by atoms with E-state index in [-0.39, 0.29) is 54.5 Å². The summed E-state index contributed by atoms with van der Waals surface area (Å²) in [5.74, 6) is -0.411. The van der Waals surface area contributed by atoms with Gasteiger partial charge in [0.1, 0.15) is 0 Å². The summed E-state index contributed by atoms with van der Waals surface area (Å²) in [7, 11) is 0. The molecule has 2 aliphatic heterocycles. The number of hydrogen-bond acceptors (Lipinski definition) is 5. The van der Waals surface area contributed by atoms with Gasteiger partial charge in [-0.2, -0.15) is 0 Å². The van der Waals surface area contributed by atoms with E-state index >= 15 is 0 Å². The number of hydrogen-bond donors (Lipinski definition) is 3. The summed E-state index contributed by atoms with van der Waals surface area (Å²) in [5.41, 5.74) is 2.05. The molecule has 8 nitrogen and oxygen atoms in total. The molecule has 0 bridgehead atoms. The molecule has 208 valence electrons. The van der Waals surface area contributed by atoms with Gasteiger partial charge < -0.3 is 20.9 Å². The van der Waals surface area contributed by atoms with Gasteiger partial charge in [0.2, 0.25) is 17.7 Å². The zero-order chi connectivity index (χ0) is 27.6. The van der Waals surface area contributed by atoms with Crippen molar-refractivity contribution in [1.29, 1.82) is 0 Å². The number of rotatable bonds is 12. The maximum absolute atomic E-state index is 13.4. The van der Waals surface area contributed by atoms with Crippen molar-refractivity contribution in [3.05, 3.63) is 71.8 Å². The minimum absolute atomic E-state index is 0.000688. The van der Waals surface area contributed by atoms with Crippen LogP contribution in [0, 0.1) is 0 Å². The first-order valence-corrected chi connectivity index (χ1v) is 14.1. The quantitative estimate of drug-likeness (QED) is 0.390. The van der Waals surface area contributed by atoms with Gasteiger partial charge in [-0.1, -0.05) is 60.7 Å². The molecule has 2 aliphatic rings. The molecule has 3 amide bonds. The molecule has 3 N–H and O–H groups in total. The van der Waals surface area contributed by atoms with Crippen molar-refractivity contribution in [2.75, 3.05) is 13.1 Å². The Bertz CT molecular complexity index is 1120. The predicted molar refractivity (Wildman–Crippen MR) is 150 cm³/mol. The van der Waals surface area contributed by atoms with Gasteiger partial charge in [0.25, 0.3) is 0 Å². The van der Waals surface area contributed by atoms with Crippen LogP contribution in [-0.4, -0.2) is 65.7 Å². The van der Waals surface area contributed by atoms with Gasteiger partial charge in [-0.25, -0.2) is 0 Å². The maximum Gasteiger partial charge on any atom is 0.237 e. The molecule has 0 radical (unpaired) electrons. The molecular formula is C31H40N4O4. The number of nitrogens with one attached hydrogen (secondary N) is 3.